The van der Waals surface area contributed by atoms with E-state index < -0.39 is 0 Å². The molecule has 6 heteroatoms. The van der Waals surface area contributed by atoms with Crippen LogP contribution < -0.4 is 15.1 Å². The minimum absolute atomic E-state index is 0.103. The Morgan fingerprint density at radius 1 is 1.03 bits per heavy atom. The van der Waals surface area contributed by atoms with E-state index in [2.05, 4.69) is 58.0 Å². The molecule has 1 N–H and O–H groups in total. The molecule has 0 radical (unpaired) electrons. The Morgan fingerprint density at radius 2 is 1.69 bits per heavy atom. The van der Waals surface area contributed by atoms with Crippen molar-refractivity contribution < 1.29 is 4.79 Å². The summed E-state index contributed by atoms with van der Waals surface area (Å²) in [7, 11) is 2.16. The highest BCUT2D eigenvalue weighted by molar-refractivity contribution is 6.04. The zero-order valence-corrected chi connectivity index (χ0v) is 17.9. The van der Waals surface area contributed by atoms with Crippen LogP contribution in [0.25, 0.3) is 0 Å². The fraction of sp³-hybridized carbons (Fsp3) is 0.478. The number of rotatable bonds is 8. The maximum absolute atomic E-state index is 12.8. The van der Waals surface area contributed by atoms with Crippen LogP contribution in [0.3, 0.4) is 0 Å². The smallest absolute Gasteiger partial charge is 0.255 e. The molecule has 3 rings (SSSR count). The van der Waals surface area contributed by atoms with Crippen molar-refractivity contribution in [3.8, 4) is 0 Å². The Bertz CT molecular complexity index is 778. The number of aromatic nitrogens is 1. The van der Waals surface area contributed by atoms with Gasteiger partial charge in [0.1, 0.15) is 5.82 Å². The van der Waals surface area contributed by atoms with Crippen LogP contribution in [-0.4, -0.2) is 62.1 Å². The standard InChI is InChI=1S/C23H33N5O/c1-4-12-28(13-5-2)22-18-19(10-11-24-22)23(29)25-20-6-8-21(9-7-20)27-16-14-26(3)15-17-27/h6-11,18H,4-5,12-17H2,1-3H3,(H,25,29). The molecular formula is C23H33N5O. The Hall–Kier alpha value is -2.60. The lowest BCUT2D eigenvalue weighted by Gasteiger charge is -2.34. The van der Waals surface area contributed by atoms with Crippen LogP contribution in [0, 0.1) is 0 Å². The van der Waals surface area contributed by atoms with Crippen molar-refractivity contribution in [3.63, 3.8) is 0 Å². The Labute approximate surface area is 174 Å². The second kappa shape index (κ2) is 10.3. The molecule has 0 saturated carbocycles. The van der Waals surface area contributed by atoms with E-state index in [4.69, 9.17) is 0 Å². The fourth-order valence-electron chi connectivity index (χ4n) is 3.64. The first-order chi connectivity index (χ1) is 14.1. The summed E-state index contributed by atoms with van der Waals surface area (Å²) in [5, 5.41) is 3.01. The highest BCUT2D eigenvalue weighted by Crippen LogP contribution is 2.20. The summed E-state index contributed by atoms with van der Waals surface area (Å²) in [4.78, 5) is 24.2. The lowest BCUT2D eigenvalue weighted by atomic mass is 10.2. The van der Waals surface area contributed by atoms with E-state index in [0.29, 0.717) is 5.56 Å². The van der Waals surface area contributed by atoms with E-state index in [1.807, 2.05) is 18.2 Å². The van der Waals surface area contributed by atoms with Crippen LogP contribution in [0.2, 0.25) is 0 Å². The van der Waals surface area contributed by atoms with E-state index in [1.54, 1.807) is 12.3 Å². The van der Waals surface area contributed by atoms with Gasteiger partial charge in [0.05, 0.1) is 0 Å². The van der Waals surface area contributed by atoms with Gasteiger partial charge in [-0.15, -0.1) is 0 Å². The molecule has 1 aromatic heterocycles. The van der Waals surface area contributed by atoms with Gasteiger partial charge in [0.15, 0.2) is 0 Å². The van der Waals surface area contributed by atoms with E-state index in [0.717, 1.165) is 63.6 Å². The molecule has 1 aromatic carbocycles. The van der Waals surface area contributed by atoms with Gasteiger partial charge >= 0.3 is 0 Å². The maximum Gasteiger partial charge on any atom is 0.255 e. The first-order valence-electron chi connectivity index (χ1n) is 10.7. The van der Waals surface area contributed by atoms with Crippen LogP contribution in [0.4, 0.5) is 17.2 Å². The van der Waals surface area contributed by atoms with Crippen LogP contribution in [0.15, 0.2) is 42.6 Å². The summed E-state index contributed by atoms with van der Waals surface area (Å²) in [6, 6.07) is 11.8. The van der Waals surface area contributed by atoms with E-state index in [9.17, 15) is 4.79 Å². The summed E-state index contributed by atoms with van der Waals surface area (Å²) in [6.45, 7) is 10.4. The quantitative estimate of drug-likeness (QED) is 0.738. The molecule has 0 bridgehead atoms. The monoisotopic (exact) mass is 395 g/mol. The molecule has 156 valence electrons. The Kier molecular flexibility index (Phi) is 7.47. The molecule has 2 aromatic rings. The first kappa shape index (κ1) is 21.1. The number of hydrogen-bond acceptors (Lipinski definition) is 5. The van der Waals surface area contributed by atoms with Gasteiger partial charge in [0, 0.05) is 62.4 Å². The predicted molar refractivity (Wildman–Crippen MR) is 121 cm³/mol. The van der Waals surface area contributed by atoms with Gasteiger partial charge in [-0.1, -0.05) is 13.8 Å². The molecule has 6 nitrogen and oxygen atoms in total. The van der Waals surface area contributed by atoms with Crippen molar-refractivity contribution in [2.24, 2.45) is 0 Å². The number of piperazine rings is 1. The summed E-state index contributed by atoms with van der Waals surface area (Å²) < 4.78 is 0. The molecule has 1 aliphatic rings. The number of hydrogen-bond donors (Lipinski definition) is 1. The van der Waals surface area contributed by atoms with E-state index in [1.165, 1.54) is 5.69 Å². The van der Waals surface area contributed by atoms with Gasteiger partial charge in [-0.2, -0.15) is 0 Å². The van der Waals surface area contributed by atoms with Crippen molar-refractivity contribution >= 4 is 23.1 Å². The zero-order chi connectivity index (χ0) is 20.6. The van der Waals surface area contributed by atoms with Gasteiger partial charge in [0.2, 0.25) is 0 Å². The van der Waals surface area contributed by atoms with Gasteiger partial charge in [-0.3, -0.25) is 4.79 Å². The average Bonchev–Trinajstić information content (AvgIpc) is 2.75. The number of carbonyl (C=O) groups excluding carboxylic acids is 1. The summed E-state index contributed by atoms with van der Waals surface area (Å²) in [5.41, 5.74) is 2.65. The summed E-state index contributed by atoms with van der Waals surface area (Å²) in [5.74, 6) is 0.765. The van der Waals surface area contributed by atoms with Gasteiger partial charge < -0.3 is 20.0 Å². The largest absolute Gasteiger partial charge is 0.369 e. The van der Waals surface area contributed by atoms with Crippen molar-refractivity contribution in [3.05, 3.63) is 48.2 Å². The van der Waals surface area contributed by atoms with Crippen molar-refractivity contribution in [2.75, 3.05) is 61.4 Å². The second-order valence-corrected chi connectivity index (χ2v) is 7.68. The van der Waals surface area contributed by atoms with E-state index >= 15 is 0 Å². The zero-order valence-electron chi connectivity index (χ0n) is 17.9. The maximum atomic E-state index is 12.8. The number of nitrogens with zero attached hydrogens (tertiary/aromatic N) is 4. The Balaban J connectivity index is 1.64. The molecule has 0 unspecified atom stereocenters. The molecule has 2 heterocycles. The van der Waals surface area contributed by atoms with Crippen LogP contribution in [-0.2, 0) is 0 Å². The normalized spacial score (nSPS) is 14.7. The van der Waals surface area contributed by atoms with Crippen molar-refractivity contribution in [1.29, 1.82) is 0 Å². The molecule has 1 saturated heterocycles. The summed E-state index contributed by atoms with van der Waals surface area (Å²) in [6.07, 6.45) is 3.83. The minimum atomic E-state index is -0.103. The predicted octanol–water partition coefficient (Wildman–Crippen LogP) is 3.71. The third kappa shape index (κ3) is 5.70. The number of likely N-dealkylation sites (N-methyl/N-ethyl adjacent to an activating group) is 1. The Morgan fingerprint density at radius 3 is 2.31 bits per heavy atom. The molecule has 1 aliphatic heterocycles. The topological polar surface area (TPSA) is 51.7 Å². The molecule has 1 amide bonds. The highest BCUT2D eigenvalue weighted by Gasteiger charge is 2.15. The number of amides is 1. The SMILES string of the molecule is CCCN(CCC)c1cc(C(=O)Nc2ccc(N3CCN(C)CC3)cc2)ccn1. The molecule has 0 spiro atoms. The fourth-order valence-corrected chi connectivity index (χ4v) is 3.64. The lowest BCUT2D eigenvalue weighted by Crippen LogP contribution is -2.44. The van der Waals surface area contributed by atoms with Crippen molar-refractivity contribution in [2.45, 2.75) is 26.7 Å². The number of nitrogens with one attached hydrogen (secondary N) is 1. The van der Waals surface area contributed by atoms with Crippen molar-refractivity contribution in [1.82, 2.24) is 9.88 Å². The van der Waals surface area contributed by atoms with Gasteiger partial charge in [-0.05, 0) is 56.3 Å². The average molecular weight is 396 g/mol. The molecule has 0 aliphatic carbocycles. The molecule has 0 atom stereocenters. The third-order valence-electron chi connectivity index (χ3n) is 5.31. The van der Waals surface area contributed by atoms with Gasteiger partial charge in [0.25, 0.3) is 5.91 Å². The summed E-state index contributed by atoms with van der Waals surface area (Å²) >= 11 is 0. The number of pyridine rings is 1. The second-order valence-electron chi connectivity index (χ2n) is 7.68. The number of benzene rings is 1. The third-order valence-corrected chi connectivity index (χ3v) is 5.31. The van der Waals surface area contributed by atoms with Crippen LogP contribution in [0.1, 0.15) is 37.0 Å². The van der Waals surface area contributed by atoms with Crippen LogP contribution in [0.5, 0.6) is 0 Å². The van der Waals surface area contributed by atoms with Gasteiger partial charge in [-0.25, -0.2) is 4.98 Å². The van der Waals surface area contributed by atoms with Crippen LogP contribution >= 0.6 is 0 Å². The van der Waals surface area contributed by atoms with E-state index in [-0.39, 0.29) is 5.91 Å². The lowest BCUT2D eigenvalue weighted by molar-refractivity contribution is 0.102. The number of anilines is 3. The molecular weight excluding hydrogens is 362 g/mol. The minimum Gasteiger partial charge on any atom is -0.369 e. The first-order valence-corrected chi connectivity index (χ1v) is 10.7. The number of carbonyl (C=O) groups is 1. The molecule has 29 heavy (non-hydrogen) atoms. The highest BCUT2D eigenvalue weighted by atomic mass is 16.1. The molecule has 1 fully saturated rings.